The molecule has 2 fully saturated rings. The average Bonchev–Trinajstić information content (AvgIpc) is 3.40. The molecule has 128 valence electrons. The number of fused-ring (bicyclic) bond motifs is 1. The van der Waals surface area contributed by atoms with Crippen molar-refractivity contribution in [2.45, 2.75) is 23.8 Å². The lowest BCUT2D eigenvalue weighted by Gasteiger charge is -2.34. The standard InChI is InChI=1S/C17H21N3O3S/c1-18-6-8-19(9-7-18)13-4-5-14-15(10-13)20(12-2-3-12)11-16(17(14)21)24(22)23/h4-5,10-12H,2-3,6-9H2,1H3,(H,22,23). The monoisotopic (exact) mass is 347 g/mol. The molecule has 2 aliphatic rings. The molecule has 1 saturated heterocycles. The van der Waals surface area contributed by atoms with E-state index in [-0.39, 0.29) is 10.3 Å². The molecular weight excluding hydrogens is 326 g/mol. The molecule has 6 nitrogen and oxygen atoms in total. The maximum Gasteiger partial charge on any atom is 0.207 e. The molecule has 1 aromatic heterocycles. The van der Waals surface area contributed by atoms with E-state index in [1.165, 1.54) is 0 Å². The predicted molar refractivity (Wildman–Crippen MR) is 95.2 cm³/mol. The number of rotatable bonds is 3. The minimum atomic E-state index is -2.26. The number of anilines is 1. The maximum atomic E-state index is 12.5. The SMILES string of the molecule is CN1CCN(c2ccc3c(=O)c(S(=O)O)cn(C4CC4)c3c2)CC1. The van der Waals surface area contributed by atoms with Crippen molar-refractivity contribution in [2.75, 3.05) is 38.1 Å². The van der Waals surface area contributed by atoms with Crippen molar-refractivity contribution >= 4 is 27.7 Å². The highest BCUT2D eigenvalue weighted by atomic mass is 32.2. The molecule has 0 amide bonds. The van der Waals surface area contributed by atoms with Gasteiger partial charge < -0.3 is 18.9 Å². The lowest BCUT2D eigenvalue weighted by atomic mass is 10.1. The molecule has 0 spiro atoms. The summed E-state index contributed by atoms with van der Waals surface area (Å²) in [5.74, 6) is 0. The van der Waals surface area contributed by atoms with Gasteiger partial charge in [0.15, 0.2) is 11.1 Å². The Morgan fingerprint density at radius 1 is 1.17 bits per heavy atom. The molecule has 1 saturated carbocycles. The highest BCUT2D eigenvalue weighted by molar-refractivity contribution is 7.79. The van der Waals surface area contributed by atoms with E-state index >= 15 is 0 Å². The van der Waals surface area contributed by atoms with Crippen LogP contribution in [-0.4, -0.2) is 51.5 Å². The van der Waals surface area contributed by atoms with Gasteiger partial charge >= 0.3 is 0 Å². The summed E-state index contributed by atoms with van der Waals surface area (Å²) >= 11 is -2.26. The Bertz CT molecular complexity index is 867. The molecule has 1 aliphatic carbocycles. The number of hydrogen-bond acceptors (Lipinski definition) is 4. The Balaban J connectivity index is 1.84. The zero-order valence-electron chi connectivity index (χ0n) is 13.6. The van der Waals surface area contributed by atoms with E-state index in [1.807, 2.05) is 10.6 Å². The Morgan fingerprint density at radius 3 is 2.50 bits per heavy atom. The summed E-state index contributed by atoms with van der Waals surface area (Å²) in [4.78, 5) is 17.1. The first-order valence-electron chi connectivity index (χ1n) is 8.28. The summed E-state index contributed by atoms with van der Waals surface area (Å²) in [5.41, 5.74) is 1.64. The lowest BCUT2D eigenvalue weighted by Crippen LogP contribution is -2.44. The molecule has 1 atom stereocenters. The third kappa shape index (κ3) is 2.76. The Morgan fingerprint density at radius 2 is 1.88 bits per heavy atom. The van der Waals surface area contributed by atoms with E-state index in [0.717, 1.165) is 50.2 Å². The topological polar surface area (TPSA) is 65.8 Å². The molecule has 1 unspecified atom stereocenters. The summed E-state index contributed by atoms with van der Waals surface area (Å²) in [6.07, 6.45) is 3.68. The van der Waals surface area contributed by atoms with Crippen LogP contribution in [0.4, 0.5) is 5.69 Å². The van der Waals surface area contributed by atoms with Gasteiger partial charge in [-0.2, -0.15) is 0 Å². The second kappa shape index (κ2) is 5.98. The van der Waals surface area contributed by atoms with Gasteiger partial charge in [0.2, 0.25) is 5.43 Å². The van der Waals surface area contributed by atoms with Gasteiger partial charge in [0.1, 0.15) is 4.90 Å². The van der Waals surface area contributed by atoms with Gasteiger partial charge in [-0.1, -0.05) is 0 Å². The minimum absolute atomic E-state index is 0.0262. The molecule has 1 aromatic carbocycles. The zero-order valence-corrected chi connectivity index (χ0v) is 14.5. The molecule has 1 N–H and O–H groups in total. The van der Waals surface area contributed by atoms with Gasteiger partial charge in [0.25, 0.3) is 0 Å². The Labute approximate surface area is 143 Å². The van der Waals surface area contributed by atoms with Gasteiger partial charge in [-0.05, 0) is 38.1 Å². The maximum absolute atomic E-state index is 12.5. The number of aromatic nitrogens is 1. The van der Waals surface area contributed by atoms with Crippen LogP contribution in [-0.2, 0) is 11.1 Å². The van der Waals surface area contributed by atoms with Gasteiger partial charge in [-0.15, -0.1) is 0 Å². The third-order valence-electron chi connectivity index (χ3n) is 4.98. The first-order valence-corrected chi connectivity index (χ1v) is 9.38. The van der Waals surface area contributed by atoms with Crippen molar-refractivity contribution < 1.29 is 8.76 Å². The molecule has 0 bridgehead atoms. The van der Waals surface area contributed by atoms with Crippen LogP contribution in [0.5, 0.6) is 0 Å². The van der Waals surface area contributed by atoms with Crippen LogP contribution in [0.15, 0.2) is 34.1 Å². The van der Waals surface area contributed by atoms with Crippen LogP contribution < -0.4 is 10.3 Å². The molecule has 24 heavy (non-hydrogen) atoms. The summed E-state index contributed by atoms with van der Waals surface area (Å²) < 4.78 is 22.9. The molecule has 1 aliphatic heterocycles. The first kappa shape index (κ1) is 15.8. The molecular formula is C17H21N3O3S. The van der Waals surface area contributed by atoms with Crippen LogP contribution in [0, 0.1) is 0 Å². The summed E-state index contributed by atoms with van der Waals surface area (Å²) in [6.45, 7) is 3.98. The van der Waals surface area contributed by atoms with Crippen LogP contribution in [0.25, 0.3) is 10.9 Å². The van der Waals surface area contributed by atoms with Crippen molar-refractivity contribution in [3.8, 4) is 0 Å². The van der Waals surface area contributed by atoms with E-state index in [4.69, 9.17) is 0 Å². The summed E-state index contributed by atoms with van der Waals surface area (Å²) in [5, 5.41) is 0.527. The molecule has 2 aromatic rings. The minimum Gasteiger partial charge on any atom is -0.369 e. The van der Waals surface area contributed by atoms with Gasteiger partial charge in [0.05, 0.1) is 5.52 Å². The van der Waals surface area contributed by atoms with Crippen molar-refractivity contribution in [1.82, 2.24) is 9.47 Å². The summed E-state index contributed by atoms with van der Waals surface area (Å²) in [6, 6.07) is 6.15. The van der Waals surface area contributed by atoms with Crippen molar-refractivity contribution in [1.29, 1.82) is 0 Å². The molecule has 2 heterocycles. The van der Waals surface area contributed by atoms with Gasteiger partial charge in [0, 0.05) is 49.5 Å². The van der Waals surface area contributed by atoms with E-state index in [0.29, 0.717) is 11.4 Å². The Kier molecular flexibility index (Phi) is 3.94. The fourth-order valence-electron chi connectivity index (χ4n) is 3.35. The fraction of sp³-hybridized carbons (Fsp3) is 0.471. The quantitative estimate of drug-likeness (QED) is 0.856. The van der Waals surface area contributed by atoms with Crippen LogP contribution >= 0.6 is 0 Å². The second-order valence-corrected chi connectivity index (χ2v) is 7.64. The van der Waals surface area contributed by atoms with Crippen LogP contribution in [0.2, 0.25) is 0 Å². The van der Waals surface area contributed by atoms with E-state index in [9.17, 15) is 13.6 Å². The van der Waals surface area contributed by atoms with E-state index < -0.39 is 11.1 Å². The average molecular weight is 347 g/mol. The van der Waals surface area contributed by atoms with Gasteiger partial charge in [-0.3, -0.25) is 4.79 Å². The number of hydrogen-bond donors (Lipinski definition) is 1. The predicted octanol–water partition coefficient (Wildman–Crippen LogP) is 1.67. The Hall–Kier alpha value is -1.70. The summed E-state index contributed by atoms with van der Waals surface area (Å²) in [7, 11) is 2.12. The number of benzene rings is 1. The van der Waals surface area contributed by atoms with Crippen molar-refractivity contribution in [2.24, 2.45) is 0 Å². The molecule has 7 heteroatoms. The number of pyridine rings is 1. The largest absolute Gasteiger partial charge is 0.369 e. The second-order valence-electron chi connectivity index (χ2n) is 6.70. The number of piperazine rings is 1. The zero-order chi connectivity index (χ0) is 16.8. The smallest absolute Gasteiger partial charge is 0.207 e. The van der Waals surface area contributed by atoms with Crippen molar-refractivity contribution in [3.05, 3.63) is 34.6 Å². The van der Waals surface area contributed by atoms with E-state index in [2.05, 4.69) is 22.9 Å². The van der Waals surface area contributed by atoms with Crippen molar-refractivity contribution in [3.63, 3.8) is 0 Å². The van der Waals surface area contributed by atoms with Crippen LogP contribution in [0.1, 0.15) is 18.9 Å². The first-order chi connectivity index (χ1) is 11.5. The van der Waals surface area contributed by atoms with Gasteiger partial charge in [-0.25, -0.2) is 4.21 Å². The highest BCUT2D eigenvalue weighted by Gasteiger charge is 2.27. The third-order valence-corrected chi connectivity index (χ3v) is 5.65. The fourth-order valence-corrected chi connectivity index (χ4v) is 3.83. The lowest BCUT2D eigenvalue weighted by molar-refractivity contribution is 0.313. The number of nitrogens with zero attached hydrogens (tertiary/aromatic N) is 3. The molecule has 4 rings (SSSR count). The highest BCUT2D eigenvalue weighted by Crippen LogP contribution is 2.37. The molecule has 0 radical (unpaired) electrons. The normalized spacial score (nSPS) is 20.5. The van der Waals surface area contributed by atoms with Crippen LogP contribution in [0.3, 0.4) is 0 Å². The number of likely N-dealkylation sites (N-methyl/N-ethyl adjacent to an activating group) is 1. The van der Waals surface area contributed by atoms with E-state index in [1.54, 1.807) is 12.3 Å².